The lowest BCUT2D eigenvalue weighted by Crippen LogP contribution is -2.08. The summed E-state index contributed by atoms with van der Waals surface area (Å²) in [5.74, 6) is 1.77. The van der Waals surface area contributed by atoms with E-state index in [1.165, 1.54) is 29.9 Å². The van der Waals surface area contributed by atoms with Crippen molar-refractivity contribution in [1.82, 2.24) is 9.78 Å². The van der Waals surface area contributed by atoms with E-state index in [9.17, 15) is 0 Å². The highest BCUT2D eigenvalue weighted by atomic mass is 35.5. The molecule has 0 spiro atoms. The van der Waals surface area contributed by atoms with Crippen LogP contribution in [0.5, 0.6) is 0 Å². The third kappa shape index (κ3) is 2.87. The molecule has 1 aromatic carbocycles. The van der Waals surface area contributed by atoms with Crippen LogP contribution in [0.1, 0.15) is 43.5 Å². The molecule has 1 aliphatic rings. The lowest BCUT2D eigenvalue weighted by Gasteiger charge is -2.12. The second-order valence-corrected chi connectivity index (χ2v) is 6.96. The highest BCUT2D eigenvalue weighted by Gasteiger charge is 2.22. The Balaban J connectivity index is 2.15. The van der Waals surface area contributed by atoms with Crippen LogP contribution in [0.25, 0.3) is 5.69 Å². The number of aromatic nitrogens is 2. The Morgan fingerprint density at radius 1 is 1.32 bits per heavy atom. The number of hydrogen-bond donors (Lipinski definition) is 1. The molecule has 0 amide bonds. The van der Waals surface area contributed by atoms with Crippen molar-refractivity contribution in [2.75, 3.05) is 11.9 Å². The number of halogens is 1. The third-order valence-corrected chi connectivity index (χ3v) is 4.69. The number of fused-ring (bicyclic) bond motifs is 1. The molecule has 1 N–H and O–H groups in total. The first-order valence-corrected chi connectivity index (χ1v) is 8.56. The van der Waals surface area contributed by atoms with Crippen LogP contribution in [0.15, 0.2) is 18.2 Å². The molecule has 1 aliphatic heterocycles. The van der Waals surface area contributed by atoms with Gasteiger partial charge in [-0.15, -0.1) is 0 Å². The van der Waals surface area contributed by atoms with E-state index in [1.54, 1.807) is 0 Å². The van der Waals surface area contributed by atoms with Crippen molar-refractivity contribution in [3.8, 4) is 5.69 Å². The molecular weight excluding hydrogens is 294 g/mol. The lowest BCUT2D eigenvalue weighted by atomic mass is 10.0. The molecule has 4 heteroatoms. The number of anilines is 1. The smallest absolute Gasteiger partial charge is 0.133 e. The van der Waals surface area contributed by atoms with E-state index < -0.39 is 0 Å². The summed E-state index contributed by atoms with van der Waals surface area (Å²) in [5, 5.41) is 9.32. The minimum Gasteiger partial charge on any atom is -0.370 e. The van der Waals surface area contributed by atoms with Crippen molar-refractivity contribution >= 4 is 17.4 Å². The Morgan fingerprint density at radius 2 is 2.14 bits per heavy atom. The van der Waals surface area contributed by atoms with Gasteiger partial charge in [-0.05, 0) is 56.2 Å². The minimum atomic E-state index is 0.608. The average Bonchev–Trinajstić information content (AvgIpc) is 2.66. The molecular formula is C18H24ClN3. The molecule has 2 aromatic rings. The first-order chi connectivity index (χ1) is 10.6. The lowest BCUT2D eigenvalue weighted by molar-refractivity contribution is 0.621. The fraction of sp³-hybridized carbons (Fsp3) is 0.500. The normalized spacial score (nSPS) is 14.6. The van der Waals surface area contributed by atoms with Crippen molar-refractivity contribution in [2.45, 2.75) is 46.5 Å². The van der Waals surface area contributed by atoms with Crippen LogP contribution in [0.2, 0.25) is 5.02 Å². The van der Waals surface area contributed by atoms with Crippen molar-refractivity contribution in [3.63, 3.8) is 0 Å². The quantitative estimate of drug-likeness (QED) is 0.882. The van der Waals surface area contributed by atoms with Crippen LogP contribution < -0.4 is 5.32 Å². The van der Waals surface area contributed by atoms with Crippen LogP contribution in [0, 0.1) is 12.8 Å². The standard InChI is InChI=1S/C18H24ClN3/c1-12(2)11-16-14-7-4-5-10-20-18(14)22(21-16)17-9-6-8-15(19)13(17)3/h6,8-9,12,20H,4-5,7,10-11H2,1-3H3. The monoisotopic (exact) mass is 317 g/mol. The fourth-order valence-electron chi connectivity index (χ4n) is 3.12. The first-order valence-electron chi connectivity index (χ1n) is 8.18. The molecule has 0 fully saturated rings. The molecule has 0 saturated heterocycles. The highest BCUT2D eigenvalue weighted by molar-refractivity contribution is 6.31. The zero-order valence-corrected chi connectivity index (χ0v) is 14.4. The van der Waals surface area contributed by atoms with Gasteiger partial charge in [-0.2, -0.15) is 5.10 Å². The maximum absolute atomic E-state index is 6.31. The van der Waals surface area contributed by atoms with Gasteiger partial charge in [0.05, 0.1) is 11.4 Å². The van der Waals surface area contributed by atoms with Gasteiger partial charge in [0.25, 0.3) is 0 Å². The number of nitrogens with zero attached hydrogens (tertiary/aromatic N) is 2. The van der Waals surface area contributed by atoms with Crippen molar-refractivity contribution in [1.29, 1.82) is 0 Å². The summed E-state index contributed by atoms with van der Waals surface area (Å²) in [7, 11) is 0. The van der Waals surface area contributed by atoms with Gasteiger partial charge in [-0.1, -0.05) is 31.5 Å². The first kappa shape index (κ1) is 15.4. The zero-order valence-electron chi connectivity index (χ0n) is 13.6. The van der Waals surface area contributed by atoms with Gasteiger partial charge in [0, 0.05) is 17.1 Å². The second kappa shape index (κ2) is 6.33. The molecule has 3 rings (SSSR count). The number of hydrogen-bond acceptors (Lipinski definition) is 2. The Hall–Kier alpha value is -1.48. The molecule has 0 radical (unpaired) electrons. The van der Waals surface area contributed by atoms with Crippen LogP contribution in [-0.2, 0) is 12.8 Å². The maximum Gasteiger partial charge on any atom is 0.133 e. The van der Waals surface area contributed by atoms with Gasteiger partial charge in [-0.25, -0.2) is 4.68 Å². The molecule has 2 heterocycles. The zero-order chi connectivity index (χ0) is 15.7. The molecule has 0 unspecified atom stereocenters. The number of benzene rings is 1. The van der Waals surface area contributed by atoms with Crippen LogP contribution in [0.4, 0.5) is 5.82 Å². The van der Waals surface area contributed by atoms with Crippen molar-refractivity contribution in [2.24, 2.45) is 5.92 Å². The summed E-state index contributed by atoms with van der Waals surface area (Å²) in [6.07, 6.45) is 4.58. The summed E-state index contributed by atoms with van der Waals surface area (Å²) in [4.78, 5) is 0. The minimum absolute atomic E-state index is 0.608. The summed E-state index contributed by atoms with van der Waals surface area (Å²) in [6, 6.07) is 6.03. The van der Waals surface area contributed by atoms with Gasteiger partial charge >= 0.3 is 0 Å². The van der Waals surface area contributed by atoms with Crippen LogP contribution in [-0.4, -0.2) is 16.3 Å². The highest BCUT2D eigenvalue weighted by Crippen LogP contribution is 2.31. The van der Waals surface area contributed by atoms with E-state index in [0.717, 1.165) is 35.7 Å². The Bertz CT molecular complexity index is 673. The molecule has 3 nitrogen and oxygen atoms in total. The Labute approximate surface area is 137 Å². The average molecular weight is 318 g/mol. The number of rotatable bonds is 3. The second-order valence-electron chi connectivity index (χ2n) is 6.55. The fourth-order valence-corrected chi connectivity index (χ4v) is 3.29. The summed E-state index contributed by atoms with van der Waals surface area (Å²) < 4.78 is 2.07. The van der Waals surface area contributed by atoms with Gasteiger partial charge in [0.2, 0.25) is 0 Å². The molecule has 0 saturated carbocycles. The molecule has 22 heavy (non-hydrogen) atoms. The summed E-state index contributed by atoms with van der Waals surface area (Å²) >= 11 is 6.31. The van der Waals surface area contributed by atoms with Gasteiger partial charge in [-0.3, -0.25) is 0 Å². The summed E-state index contributed by atoms with van der Waals surface area (Å²) in [5.41, 5.74) is 4.79. The van der Waals surface area contributed by atoms with Crippen molar-refractivity contribution < 1.29 is 0 Å². The predicted molar refractivity (Wildman–Crippen MR) is 93.3 cm³/mol. The predicted octanol–water partition coefficient (Wildman–Crippen LogP) is 4.78. The van der Waals surface area contributed by atoms with Crippen LogP contribution in [0.3, 0.4) is 0 Å². The molecule has 0 atom stereocenters. The Morgan fingerprint density at radius 3 is 2.91 bits per heavy atom. The maximum atomic E-state index is 6.31. The van der Waals surface area contributed by atoms with Gasteiger partial charge < -0.3 is 5.32 Å². The number of nitrogens with one attached hydrogen (secondary N) is 1. The topological polar surface area (TPSA) is 29.9 Å². The molecule has 118 valence electrons. The molecule has 0 aliphatic carbocycles. The van der Waals surface area contributed by atoms with Crippen LogP contribution >= 0.6 is 11.6 Å². The van der Waals surface area contributed by atoms with Gasteiger partial charge in [0.15, 0.2) is 0 Å². The van der Waals surface area contributed by atoms with Crippen molar-refractivity contribution in [3.05, 3.63) is 40.0 Å². The van der Waals surface area contributed by atoms with E-state index >= 15 is 0 Å². The molecule has 0 bridgehead atoms. The van der Waals surface area contributed by atoms with E-state index in [-0.39, 0.29) is 0 Å². The van der Waals surface area contributed by atoms with E-state index in [0.29, 0.717) is 5.92 Å². The third-order valence-electron chi connectivity index (χ3n) is 4.28. The largest absolute Gasteiger partial charge is 0.370 e. The molecule has 1 aromatic heterocycles. The SMILES string of the molecule is Cc1c(Cl)cccc1-n1nc(CC(C)C)c2c1NCCCC2. The van der Waals surface area contributed by atoms with E-state index in [2.05, 4.69) is 36.8 Å². The Kier molecular flexibility index (Phi) is 4.44. The van der Waals surface area contributed by atoms with E-state index in [1.807, 2.05) is 12.1 Å². The summed E-state index contributed by atoms with van der Waals surface area (Å²) in [6.45, 7) is 7.57. The van der Waals surface area contributed by atoms with Gasteiger partial charge in [0.1, 0.15) is 5.82 Å². The van der Waals surface area contributed by atoms with E-state index in [4.69, 9.17) is 16.7 Å².